The molecule has 5 nitrogen and oxygen atoms in total. The van der Waals surface area contributed by atoms with E-state index in [-0.39, 0.29) is 12.0 Å². The predicted molar refractivity (Wildman–Crippen MR) is 103 cm³/mol. The van der Waals surface area contributed by atoms with Crippen LogP contribution < -0.4 is 14.8 Å². The molecule has 0 atom stereocenters. The van der Waals surface area contributed by atoms with E-state index in [0.717, 1.165) is 37.0 Å². The second kappa shape index (κ2) is 7.24. The lowest BCUT2D eigenvalue weighted by Gasteiger charge is -2.21. The largest absolute Gasteiger partial charge is 0.448 e. The number of rotatable bonds is 5. The highest BCUT2D eigenvalue weighted by Gasteiger charge is 2.44. The number of carbonyl (C=O) groups excluding carboxylic acids is 1. The normalized spacial score (nSPS) is 16.9. The Hall–Kier alpha value is -2.53. The Kier molecular flexibility index (Phi) is 4.79. The topological polar surface area (TPSA) is 56.8 Å². The molecule has 0 radical (unpaired) electrons. The summed E-state index contributed by atoms with van der Waals surface area (Å²) in [4.78, 5) is 12.5. The zero-order valence-corrected chi connectivity index (χ0v) is 15.8. The third-order valence-electron chi connectivity index (χ3n) is 4.96. The van der Waals surface area contributed by atoms with E-state index < -0.39 is 5.79 Å². The van der Waals surface area contributed by atoms with E-state index in [1.807, 2.05) is 56.3 Å². The molecular formula is C22H25NO4. The second-order valence-electron chi connectivity index (χ2n) is 7.49. The fourth-order valence-corrected chi connectivity index (χ4v) is 3.51. The van der Waals surface area contributed by atoms with Crippen molar-refractivity contribution in [2.24, 2.45) is 0 Å². The van der Waals surface area contributed by atoms with Crippen molar-refractivity contribution in [2.75, 3.05) is 5.32 Å². The van der Waals surface area contributed by atoms with Gasteiger partial charge in [0.05, 0.1) is 12.7 Å². The molecule has 1 amide bonds. The molecule has 2 aromatic rings. The lowest BCUT2D eigenvalue weighted by molar-refractivity contribution is -0.0716. The Balaban J connectivity index is 1.40. The monoisotopic (exact) mass is 367 g/mol. The molecule has 0 unspecified atom stereocenters. The third kappa shape index (κ3) is 3.93. The molecule has 1 aliphatic carbocycles. The van der Waals surface area contributed by atoms with Crippen molar-refractivity contribution < 1.29 is 19.0 Å². The summed E-state index contributed by atoms with van der Waals surface area (Å²) in [6, 6.07) is 13.0. The quantitative estimate of drug-likeness (QED) is 0.816. The molecule has 1 saturated carbocycles. The zero-order chi connectivity index (χ0) is 18.9. The summed E-state index contributed by atoms with van der Waals surface area (Å²) in [5.74, 6) is 0.819. The predicted octanol–water partition coefficient (Wildman–Crippen LogP) is 4.91. The van der Waals surface area contributed by atoms with Crippen LogP contribution in [0.5, 0.6) is 11.5 Å². The molecule has 0 aromatic heterocycles. The Morgan fingerprint density at radius 3 is 2.48 bits per heavy atom. The molecule has 1 aliphatic heterocycles. The maximum Gasteiger partial charge on any atom is 0.255 e. The molecule has 4 rings (SSSR count). The first-order valence-corrected chi connectivity index (χ1v) is 9.57. The number of benzene rings is 2. The van der Waals surface area contributed by atoms with Crippen LogP contribution in [0.1, 0.15) is 55.5 Å². The summed E-state index contributed by atoms with van der Waals surface area (Å²) in [7, 11) is 0. The molecule has 5 heteroatoms. The van der Waals surface area contributed by atoms with Gasteiger partial charge in [-0.1, -0.05) is 12.1 Å². The zero-order valence-electron chi connectivity index (χ0n) is 15.8. The maximum atomic E-state index is 12.5. The minimum atomic E-state index is -0.487. The van der Waals surface area contributed by atoms with Crippen LogP contribution in [0.4, 0.5) is 5.69 Å². The molecule has 1 N–H and O–H groups in total. The number of fused-ring (bicyclic) bond motifs is 1. The summed E-state index contributed by atoms with van der Waals surface area (Å²) >= 11 is 0. The van der Waals surface area contributed by atoms with E-state index in [4.69, 9.17) is 14.2 Å². The molecule has 2 aliphatic rings. The van der Waals surface area contributed by atoms with Crippen LogP contribution in [0.25, 0.3) is 0 Å². The highest BCUT2D eigenvalue weighted by atomic mass is 16.7. The van der Waals surface area contributed by atoms with Crippen molar-refractivity contribution in [3.05, 3.63) is 53.6 Å². The summed E-state index contributed by atoms with van der Waals surface area (Å²) < 4.78 is 17.6. The Morgan fingerprint density at radius 2 is 1.78 bits per heavy atom. The number of nitrogens with one attached hydrogen (secondary N) is 1. The van der Waals surface area contributed by atoms with Gasteiger partial charge in [0.2, 0.25) is 0 Å². The number of amides is 1. The minimum absolute atomic E-state index is 0.152. The molecule has 2 aromatic carbocycles. The second-order valence-corrected chi connectivity index (χ2v) is 7.49. The minimum Gasteiger partial charge on any atom is -0.448 e. The van der Waals surface area contributed by atoms with Gasteiger partial charge in [0.25, 0.3) is 11.7 Å². The van der Waals surface area contributed by atoms with Crippen LogP contribution in [-0.4, -0.2) is 17.8 Å². The first-order chi connectivity index (χ1) is 13.0. The average Bonchev–Trinajstić information content (AvgIpc) is 3.26. The standard InChI is InChI=1S/C22H25NO4/c1-15(2)25-14-16-5-7-17(8-6-16)21(24)23-18-9-10-19-20(13-18)27-22(26-19)11-3-4-12-22/h5-10,13,15H,3-4,11-12,14H2,1-2H3,(H,23,24). The van der Waals surface area contributed by atoms with Gasteiger partial charge in [-0.2, -0.15) is 0 Å². The molecule has 142 valence electrons. The van der Waals surface area contributed by atoms with Crippen molar-refractivity contribution in [1.82, 2.24) is 0 Å². The van der Waals surface area contributed by atoms with Gasteiger partial charge in [-0.05, 0) is 56.5 Å². The smallest absolute Gasteiger partial charge is 0.255 e. The highest BCUT2D eigenvalue weighted by molar-refractivity contribution is 6.04. The van der Waals surface area contributed by atoms with Gasteiger partial charge in [0.1, 0.15) is 0 Å². The van der Waals surface area contributed by atoms with Gasteiger partial charge in [0.15, 0.2) is 11.5 Å². The number of anilines is 1. The number of hydrogen-bond donors (Lipinski definition) is 1. The number of hydrogen-bond acceptors (Lipinski definition) is 4. The SMILES string of the molecule is CC(C)OCc1ccc(C(=O)Nc2ccc3c(c2)OC2(CCCC2)O3)cc1. The van der Waals surface area contributed by atoms with E-state index in [9.17, 15) is 4.79 Å². The summed E-state index contributed by atoms with van der Waals surface area (Å²) in [6.45, 7) is 4.55. The van der Waals surface area contributed by atoms with Crippen LogP contribution in [0, 0.1) is 0 Å². The molecule has 1 heterocycles. The fraction of sp³-hybridized carbons (Fsp3) is 0.409. The maximum absolute atomic E-state index is 12.5. The summed E-state index contributed by atoms with van der Waals surface area (Å²) in [6.07, 6.45) is 4.25. The first kappa shape index (κ1) is 17.9. The van der Waals surface area contributed by atoms with Crippen LogP contribution in [0.2, 0.25) is 0 Å². The van der Waals surface area contributed by atoms with E-state index in [2.05, 4.69) is 5.32 Å². The Morgan fingerprint density at radius 1 is 1.07 bits per heavy atom. The van der Waals surface area contributed by atoms with Gasteiger partial charge >= 0.3 is 0 Å². The molecule has 1 spiro atoms. The number of carbonyl (C=O) groups is 1. The summed E-state index contributed by atoms with van der Waals surface area (Å²) in [5, 5.41) is 2.93. The van der Waals surface area contributed by atoms with Gasteiger partial charge in [-0.3, -0.25) is 4.79 Å². The van der Waals surface area contributed by atoms with Crippen molar-refractivity contribution >= 4 is 11.6 Å². The fourth-order valence-electron chi connectivity index (χ4n) is 3.51. The van der Waals surface area contributed by atoms with Crippen LogP contribution in [0.3, 0.4) is 0 Å². The average molecular weight is 367 g/mol. The molecule has 0 bridgehead atoms. The Labute approximate surface area is 159 Å². The highest BCUT2D eigenvalue weighted by Crippen LogP contribution is 2.47. The molecule has 0 saturated heterocycles. The van der Waals surface area contributed by atoms with Gasteiger partial charge < -0.3 is 19.5 Å². The molecular weight excluding hydrogens is 342 g/mol. The van der Waals surface area contributed by atoms with E-state index >= 15 is 0 Å². The van der Waals surface area contributed by atoms with Gasteiger partial charge in [-0.25, -0.2) is 0 Å². The molecule has 27 heavy (non-hydrogen) atoms. The molecule has 1 fully saturated rings. The van der Waals surface area contributed by atoms with Crippen LogP contribution >= 0.6 is 0 Å². The van der Waals surface area contributed by atoms with Crippen LogP contribution in [0.15, 0.2) is 42.5 Å². The van der Waals surface area contributed by atoms with Crippen molar-refractivity contribution in [1.29, 1.82) is 0 Å². The van der Waals surface area contributed by atoms with Crippen molar-refractivity contribution in [3.8, 4) is 11.5 Å². The lowest BCUT2D eigenvalue weighted by Crippen LogP contribution is -2.34. The van der Waals surface area contributed by atoms with Crippen molar-refractivity contribution in [2.45, 2.75) is 58.0 Å². The van der Waals surface area contributed by atoms with Crippen LogP contribution in [-0.2, 0) is 11.3 Å². The van der Waals surface area contributed by atoms with Gasteiger partial charge in [0, 0.05) is 30.2 Å². The third-order valence-corrected chi connectivity index (χ3v) is 4.96. The first-order valence-electron chi connectivity index (χ1n) is 9.57. The lowest BCUT2D eigenvalue weighted by atomic mass is 10.1. The summed E-state index contributed by atoms with van der Waals surface area (Å²) in [5.41, 5.74) is 2.35. The van der Waals surface area contributed by atoms with Crippen molar-refractivity contribution in [3.63, 3.8) is 0 Å². The van der Waals surface area contributed by atoms with E-state index in [1.165, 1.54) is 0 Å². The Bertz CT molecular complexity index is 823. The number of ether oxygens (including phenoxy) is 3. The van der Waals surface area contributed by atoms with Gasteiger partial charge in [-0.15, -0.1) is 0 Å². The van der Waals surface area contributed by atoms with E-state index in [1.54, 1.807) is 0 Å². The van der Waals surface area contributed by atoms with E-state index in [0.29, 0.717) is 23.6 Å².